The summed E-state index contributed by atoms with van der Waals surface area (Å²) >= 11 is 0. The zero-order valence-electron chi connectivity index (χ0n) is 18.9. The van der Waals surface area contributed by atoms with E-state index in [1.54, 1.807) is 27.5 Å². The summed E-state index contributed by atoms with van der Waals surface area (Å²) in [5.41, 5.74) is 2.16. The molecule has 168 valence electrons. The number of nitriles is 2. The van der Waals surface area contributed by atoms with Crippen LogP contribution in [0.2, 0.25) is 0 Å². The fraction of sp³-hybridized carbons (Fsp3) is 0.115. The molecular formula is C26H21N5O3. The zero-order chi connectivity index (χ0) is 24.1. The third kappa shape index (κ3) is 3.96. The summed E-state index contributed by atoms with van der Waals surface area (Å²) in [5.74, 6) is 1.89. The van der Waals surface area contributed by atoms with Crippen molar-refractivity contribution in [3.8, 4) is 40.9 Å². The van der Waals surface area contributed by atoms with Gasteiger partial charge in [-0.1, -0.05) is 18.2 Å². The highest BCUT2D eigenvalue weighted by atomic mass is 16.5. The topological polar surface area (TPSA) is 98.0 Å². The molecule has 8 heteroatoms. The molecule has 0 saturated heterocycles. The summed E-state index contributed by atoms with van der Waals surface area (Å²) < 4.78 is 19.7. The molecule has 0 spiro atoms. The molecule has 2 heterocycles. The molecule has 0 bridgehead atoms. The second kappa shape index (κ2) is 9.68. The monoisotopic (exact) mass is 451 g/mol. The van der Waals surface area contributed by atoms with Crippen LogP contribution in [0.3, 0.4) is 0 Å². The molecule has 34 heavy (non-hydrogen) atoms. The van der Waals surface area contributed by atoms with Gasteiger partial charge in [-0.2, -0.15) is 15.6 Å². The van der Waals surface area contributed by atoms with Gasteiger partial charge >= 0.3 is 0 Å². The van der Waals surface area contributed by atoms with Crippen molar-refractivity contribution in [2.75, 3.05) is 21.3 Å². The van der Waals surface area contributed by atoms with Crippen molar-refractivity contribution in [3.05, 3.63) is 83.8 Å². The third-order valence-electron chi connectivity index (χ3n) is 5.20. The lowest BCUT2D eigenvalue weighted by Gasteiger charge is -2.13. The molecule has 0 aliphatic heterocycles. The van der Waals surface area contributed by atoms with Crippen LogP contribution in [-0.4, -0.2) is 35.7 Å². The van der Waals surface area contributed by atoms with E-state index in [1.807, 2.05) is 54.9 Å². The third-order valence-corrected chi connectivity index (χ3v) is 5.20. The number of nitrogens with zero attached hydrogens (tertiary/aromatic N) is 5. The molecule has 0 radical (unpaired) electrons. The Kier molecular flexibility index (Phi) is 6.33. The van der Waals surface area contributed by atoms with E-state index in [0.29, 0.717) is 28.6 Å². The van der Waals surface area contributed by atoms with Gasteiger partial charge in [0.25, 0.3) is 0 Å². The van der Waals surface area contributed by atoms with Crippen molar-refractivity contribution in [2.45, 2.75) is 0 Å². The summed E-state index contributed by atoms with van der Waals surface area (Å²) in [6.45, 7) is 0. The maximum Gasteiger partial charge on any atom is 0.203 e. The second-order valence-corrected chi connectivity index (χ2v) is 7.13. The number of ether oxygens (including phenoxy) is 3. The van der Waals surface area contributed by atoms with Crippen molar-refractivity contribution < 1.29 is 14.2 Å². The predicted molar refractivity (Wildman–Crippen MR) is 127 cm³/mol. The van der Waals surface area contributed by atoms with Crippen molar-refractivity contribution in [1.82, 2.24) is 14.3 Å². The minimum atomic E-state index is 0.217. The highest BCUT2D eigenvalue weighted by molar-refractivity contribution is 5.91. The van der Waals surface area contributed by atoms with Crippen LogP contribution in [0.15, 0.2) is 67.0 Å². The zero-order valence-corrected chi connectivity index (χ0v) is 18.9. The molecule has 4 rings (SSSR count). The van der Waals surface area contributed by atoms with E-state index in [1.165, 1.54) is 21.3 Å². The molecule has 0 aliphatic rings. The minimum absolute atomic E-state index is 0.217. The number of para-hydroxylation sites is 1. The highest BCUT2D eigenvalue weighted by Crippen LogP contribution is 2.39. The first-order chi connectivity index (χ1) is 16.6. The Labute approximate surface area is 197 Å². The van der Waals surface area contributed by atoms with E-state index >= 15 is 0 Å². The molecule has 2 aromatic carbocycles. The summed E-state index contributed by atoms with van der Waals surface area (Å²) in [5, 5.41) is 24.8. The summed E-state index contributed by atoms with van der Waals surface area (Å²) in [6, 6.07) is 21.1. The first-order valence-electron chi connectivity index (χ1n) is 10.3. The van der Waals surface area contributed by atoms with Crippen molar-refractivity contribution in [1.29, 1.82) is 10.5 Å². The van der Waals surface area contributed by atoms with Gasteiger partial charge in [0, 0.05) is 12.4 Å². The van der Waals surface area contributed by atoms with Crippen LogP contribution in [0.5, 0.6) is 17.2 Å². The standard InChI is InChI=1S/C26H21N5O3/c1-32-22-14-18(15-23(33-2)25(22)34-3)13-19(16-27)24-21(17-28)26(30-11-7-8-12-30)31(29-24)20-9-5-4-6-10-20/h4-15H,1-3H3. The van der Waals surface area contributed by atoms with Gasteiger partial charge in [0.1, 0.15) is 23.4 Å². The quantitative estimate of drug-likeness (QED) is 0.380. The van der Waals surface area contributed by atoms with E-state index in [9.17, 15) is 10.5 Å². The smallest absolute Gasteiger partial charge is 0.203 e. The molecule has 0 saturated carbocycles. The largest absolute Gasteiger partial charge is 0.493 e. The van der Waals surface area contributed by atoms with E-state index < -0.39 is 0 Å². The van der Waals surface area contributed by atoms with Crippen LogP contribution in [0.1, 0.15) is 16.8 Å². The number of allylic oxidation sites excluding steroid dienone is 1. The molecule has 2 aromatic heterocycles. The lowest BCUT2D eigenvalue weighted by molar-refractivity contribution is 0.324. The van der Waals surface area contributed by atoms with Crippen molar-refractivity contribution >= 4 is 11.6 Å². The predicted octanol–water partition coefficient (Wildman–Crippen LogP) is 4.62. The lowest BCUT2D eigenvalue weighted by atomic mass is 10.0. The number of hydrogen-bond acceptors (Lipinski definition) is 6. The fourth-order valence-corrected chi connectivity index (χ4v) is 3.67. The van der Waals surface area contributed by atoms with Crippen LogP contribution < -0.4 is 14.2 Å². The molecule has 4 aromatic rings. The van der Waals surface area contributed by atoms with Gasteiger partial charge in [0.2, 0.25) is 5.75 Å². The van der Waals surface area contributed by atoms with Crippen LogP contribution in [0, 0.1) is 22.7 Å². The first-order valence-corrected chi connectivity index (χ1v) is 10.3. The summed E-state index contributed by atoms with van der Waals surface area (Å²) in [6.07, 6.45) is 5.30. The average Bonchev–Trinajstić information content (AvgIpc) is 3.54. The molecule has 0 unspecified atom stereocenters. The van der Waals surface area contributed by atoms with Crippen molar-refractivity contribution in [2.24, 2.45) is 0 Å². The van der Waals surface area contributed by atoms with Gasteiger partial charge in [-0.25, -0.2) is 4.68 Å². The van der Waals surface area contributed by atoms with Gasteiger partial charge in [0.05, 0.1) is 32.6 Å². The lowest BCUT2D eigenvalue weighted by Crippen LogP contribution is -2.04. The SMILES string of the molecule is COc1cc(C=C(C#N)c2nn(-c3ccccc3)c(-n3cccc3)c2C#N)cc(OC)c1OC. The van der Waals surface area contributed by atoms with Gasteiger partial charge in [-0.3, -0.25) is 0 Å². The Balaban J connectivity index is 1.95. The highest BCUT2D eigenvalue weighted by Gasteiger charge is 2.23. The number of rotatable bonds is 7. The Morgan fingerprint density at radius 2 is 1.56 bits per heavy atom. The molecule has 0 N–H and O–H groups in total. The maximum absolute atomic E-state index is 10.1. The fourth-order valence-electron chi connectivity index (χ4n) is 3.67. The molecule has 0 aliphatic carbocycles. The normalized spacial score (nSPS) is 10.9. The van der Waals surface area contributed by atoms with E-state index in [4.69, 9.17) is 14.2 Å². The molecule has 0 amide bonds. The molecule has 0 fully saturated rings. The minimum Gasteiger partial charge on any atom is -0.493 e. The summed E-state index contributed by atoms with van der Waals surface area (Å²) in [7, 11) is 4.57. The number of benzene rings is 2. The Morgan fingerprint density at radius 3 is 2.09 bits per heavy atom. The van der Waals surface area contributed by atoms with E-state index in [2.05, 4.69) is 17.2 Å². The Bertz CT molecular complexity index is 1400. The maximum atomic E-state index is 10.1. The second-order valence-electron chi connectivity index (χ2n) is 7.13. The number of aromatic nitrogens is 3. The van der Waals surface area contributed by atoms with Crippen LogP contribution >= 0.6 is 0 Å². The van der Waals surface area contributed by atoms with E-state index in [-0.39, 0.29) is 16.8 Å². The summed E-state index contributed by atoms with van der Waals surface area (Å²) in [4.78, 5) is 0. The van der Waals surface area contributed by atoms with Gasteiger partial charge in [-0.15, -0.1) is 0 Å². The van der Waals surface area contributed by atoms with E-state index in [0.717, 1.165) is 5.69 Å². The number of methoxy groups -OCH3 is 3. The van der Waals surface area contributed by atoms with Crippen LogP contribution in [0.4, 0.5) is 0 Å². The van der Waals surface area contributed by atoms with Gasteiger partial charge in [0.15, 0.2) is 17.3 Å². The van der Waals surface area contributed by atoms with Crippen LogP contribution in [-0.2, 0) is 0 Å². The molecular weight excluding hydrogens is 430 g/mol. The van der Waals surface area contributed by atoms with Gasteiger partial charge < -0.3 is 18.8 Å². The molecule has 8 nitrogen and oxygen atoms in total. The van der Waals surface area contributed by atoms with Crippen molar-refractivity contribution in [3.63, 3.8) is 0 Å². The number of hydrogen-bond donors (Lipinski definition) is 0. The Hall–Kier alpha value is -4.95. The Morgan fingerprint density at radius 1 is 0.912 bits per heavy atom. The van der Waals surface area contributed by atoms with Gasteiger partial charge in [-0.05, 0) is 48.0 Å². The van der Waals surface area contributed by atoms with Crippen LogP contribution in [0.25, 0.3) is 23.2 Å². The molecule has 0 atom stereocenters. The average molecular weight is 451 g/mol. The first kappa shape index (κ1) is 22.3.